The van der Waals surface area contributed by atoms with Crippen LogP contribution in [0.5, 0.6) is 0 Å². The van der Waals surface area contributed by atoms with E-state index < -0.39 is 0 Å². The van der Waals surface area contributed by atoms with Gasteiger partial charge in [0.15, 0.2) is 0 Å². The third kappa shape index (κ3) is 2.16. The van der Waals surface area contributed by atoms with E-state index in [1.54, 1.807) is 18.3 Å². The van der Waals surface area contributed by atoms with Crippen LogP contribution in [0.25, 0.3) is 11.3 Å². The Balaban J connectivity index is 2.59. The smallest absolute Gasteiger partial charge is 0.123 e. The van der Waals surface area contributed by atoms with Gasteiger partial charge in [0.2, 0.25) is 0 Å². The maximum Gasteiger partial charge on any atom is 0.123 e. The van der Waals surface area contributed by atoms with Gasteiger partial charge >= 0.3 is 0 Å². The number of halogens is 1. The molecule has 0 saturated carbocycles. The van der Waals surface area contributed by atoms with Gasteiger partial charge in [-0.15, -0.1) is 0 Å². The van der Waals surface area contributed by atoms with Crippen LogP contribution in [0.1, 0.15) is 20.8 Å². The standard InChI is InChI=1S/C13H16FN3/c1-13(2,3)17-12(11(15)8-16-17)9-4-6-10(14)7-5-9/h4-8H,15H2,1-3H3. The first-order valence-electron chi connectivity index (χ1n) is 5.49. The Hall–Kier alpha value is -1.84. The molecule has 2 N–H and O–H groups in total. The van der Waals surface area contributed by atoms with Gasteiger partial charge in [0.25, 0.3) is 0 Å². The number of nitrogens with two attached hydrogens (primary N) is 1. The lowest BCUT2D eigenvalue weighted by molar-refractivity contribution is 0.360. The van der Waals surface area contributed by atoms with Crippen LogP contribution in [0.4, 0.5) is 10.1 Å². The number of anilines is 1. The Morgan fingerprint density at radius 1 is 1.18 bits per heavy atom. The second-order valence-electron chi connectivity index (χ2n) is 5.04. The second kappa shape index (κ2) is 3.87. The molecule has 0 spiro atoms. The van der Waals surface area contributed by atoms with Crippen LogP contribution >= 0.6 is 0 Å². The van der Waals surface area contributed by atoms with Gasteiger partial charge < -0.3 is 5.73 Å². The molecule has 2 rings (SSSR count). The Morgan fingerprint density at radius 2 is 1.76 bits per heavy atom. The number of aromatic nitrogens is 2. The molecule has 0 fully saturated rings. The molecule has 1 aromatic carbocycles. The molecule has 0 bridgehead atoms. The van der Waals surface area contributed by atoms with Crippen molar-refractivity contribution in [3.8, 4) is 11.3 Å². The van der Waals surface area contributed by atoms with E-state index in [1.165, 1.54) is 12.1 Å². The third-order valence-electron chi connectivity index (χ3n) is 2.55. The summed E-state index contributed by atoms with van der Waals surface area (Å²) in [4.78, 5) is 0. The molecule has 0 aliphatic rings. The Bertz CT molecular complexity index is 521. The maximum absolute atomic E-state index is 12.9. The van der Waals surface area contributed by atoms with E-state index in [2.05, 4.69) is 5.10 Å². The van der Waals surface area contributed by atoms with E-state index in [0.717, 1.165) is 11.3 Å². The summed E-state index contributed by atoms with van der Waals surface area (Å²) >= 11 is 0. The predicted octanol–water partition coefficient (Wildman–Crippen LogP) is 3.03. The third-order valence-corrected chi connectivity index (χ3v) is 2.55. The fraction of sp³-hybridized carbons (Fsp3) is 0.308. The molecule has 2 aromatic rings. The van der Waals surface area contributed by atoms with Crippen molar-refractivity contribution < 1.29 is 4.39 Å². The number of hydrogen-bond donors (Lipinski definition) is 1. The molecule has 0 aliphatic heterocycles. The summed E-state index contributed by atoms with van der Waals surface area (Å²) in [6.45, 7) is 6.14. The highest BCUT2D eigenvalue weighted by atomic mass is 19.1. The van der Waals surface area contributed by atoms with Crippen molar-refractivity contribution in [1.82, 2.24) is 9.78 Å². The monoisotopic (exact) mass is 233 g/mol. The molecule has 1 aromatic heterocycles. The molecule has 0 unspecified atom stereocenters. The molecule has 0 saturated heterocycles. The van der Waals surface area contributed by atoms with Crippen LogP contribution in [-0.2, 0) is 5.54 Å². The summed E-state index contributed by atoms with van der Waals surface area (Å²) in [6.07, 6.45) is 1.63. The summed E-state index contributed by atoms with van der Waals surface area (Å²) in [5.74, 6) is -0.255. The lowest BCUT2D eigenvalue weighted by atomic mass is 10.1. The van der Waals surface area contributed by atoms with Crippen LogP contribution in [0.15, 0.2) is 30.5 Å². The van der Waals surface area contributed by atoms with Crippen molar-refractivity contribution >= 4 is 5.69 Å². The van der Waals surface area contributed by atoms with Crippen molar-refractivity contribution in [2.75, 3.05) is 5.73 Å². The summed E-state index contributed by atoms with van der Waals surface area (Å²) in [5.41, 5.74) is 8.07. The largest absolute Gasteiger partial charge is 0.396 e. The summed E-state index contributed by atoms with van der Waals surface area (Å²) in [7, 11) is 0. The van der Waals surface area contributed by atoms with Crippen molar-refractivity contribution in [2.24, 2.45) is 0 Å². The fourth-order valence-electron chi connectivity index (χ4n) is 1.77. The van der Waals surface area contributed by atoms with E-state index in [9.17, 15) is 4.39 Å². The molecule has 0 amide bonds. The minimum Gasteiger partial charge on any atom is -0.396 e. The van der Waals surface area contributed by atoms with Crippen molar-refractivity contribution in [3.63, 3.8) is 0 Å². The molecular weight excluding hydrogens is 217 g/mol. The zero-order chi connectivity index (χ0) is 12.6. The van der Waals surface area contributed by atoms with Gasteiger partial charge in [-0.3, -0.25) is 4.68 Å². The Kier molecular flexibility index (Phi) is 2.65. The molecule has 0 radical (unpaired) electrons. The zero-order valence-electron chi connectivity index (χ0n) is 10.2. The molecule has 90 valence electrons. The normalized spacial score (nSPS) is 11.8. The van der Waals surface area contributed by atoms with Gasteiger partial charge in [0.05, 0.1) is 23.1 Å². The summed E-state index contributed by atoms with van der Waals surface area (Å²) in [6, 6.07) is 6.28. The van der Waals surface area contributed by atoms with Gasteiger partial charge in [-0.05, 0) is 45.0 Å². The van der Waals surface area contributed by atoms with Crippen molar-refractivity contribution in [1.29, 1.82) is 0 Å². The van der Waals surface area contributed by atoms with Crippen molar-refractivity contribution in [2.45, 2.75) is 26.3 Å². The highest BCUT2D eigenvalue weighted by molar-refractivity contribution is 5.72. The number of benzene rings is 1. The number of nitrogens with zero attached hydrogens (tertiary/aromatic N) is 2. The average Bonchev–Trinajstić information content (AvgIpc) is 2.61. The number of nitrogen functional groups attached to an aromatic ring is 1. The lowest BCUT2D eigenvalue weighted by Gasteiger charge is -2.22. The molecule has 17 heavy (non-hydrogen) atoms. The number of hydrogen-bond acceptors (Lipinski definition) is 2. The van der Waals surface area contributed by atoms with Crippen LogP contribution < -0.4 is 5.73 Å². The number of rotatable bonds is 1. The van der Waals surface area contributed by atoms with Gasteiger partial charge in [0.1, 0.15) is 5.82 Å². The quantitative estimate of drug-likeness (QED) is 0.822. The summed E-state index contributed by atoms with van der Waals surface area (Å²) < 4.78 is 14.8. The lowest BCUT2D eigenvalue weighted by Crippen LogP contribution is -2.24. The van der Waals surface area contributed by atoms with E-state index >= 15 is 0 Å². The van der Waals surface area contributed by atoms with Gasteiger partial charge in [-0.1, -0.05) is 0 Å². The molecule has 0 atom stereocenters. The Morgan fingerprint density at radius 3 is 2.29 bits per heavy atom. The SMILES string of the molecule is CC(C)(C)n1ncc(N)c1-c1ccc(F)cc1. The molecular formula is C13H16FN3. The van der Waals surface area contributed by atoms with Crippen LogP contribution in [0, 0.1) is 5.82 Å². The molecule has 4 heteroatoms. The predicted molar refractivity (Wildman–Crippen MR) is 67.0 cm³/mol. The fourth-order valence-corrected chi connectivity index (χ4v) is 1.77. The first-order valence-corrected chi connectivity index (χ1v) is 5.49. The summed E-state index contributed by atoms with van der Waals surface area (Å²) in [5, 5.41) is 4.28. The first-order chi connectivity index (χ1) is 7.89. The van der Waals surface area contributed by atoms with Crippen LogP contribution in [0.2, 0.25) is 0 Å². The molecule has 0 aliphatic carbocycles. The van der Waals surface area contributed by atoms with E-state index in [0.29, 0.717) is 5.69 Å². The minimum atomic E-state index is -0.255. The molecule has 1 heterocycles. The van der Waals surface area contributed by atoms with Crippen molar-refractivity contribution in [3.05, 3.63) is 36.3 Å². The minimum absolute atomic E-state index is 0.165. The average molecular weight is 233 g/mol. The van der Waals surface area contributed by atoms with Gasteiger partial charge in [-0.2, -0.15) is 5.10 Å². The van der Waals surface area contributed by atoms with E-state index in [1.807, 2.05) is 25.5 Å². The highest BCUT2D eigenvalue weighted by Crippen LogP contribution is 2.30. The second-order valence-corrected chi connectivity index (χ2v) is 5.04. The van der Waals surface area contributed by atoms with Gasteiger partial charge in [0, 0.05) is 5.56 Å². The van der Waals surface area contributed by atoms with E-state index in [-0.39, 0.29) is 11.4 Å². The molecule has 3 nitrogen and oxygen atoms in total. The topological polar surface area (TPSA) is 43.8 Å². The highest BCUT2D eigenvalue weighted by Gasteiger charge is 2.20. The maximum atomic E-state index is 12.9. The Labute approximate surface area is 100 Å². The first kappa shape index (κ1) is 11.6. The van der Waals surface area contributed by atoms with Gasteiger partial charge in [-0.25, -0.2) is 4.39 Å². The zero-order valence-corrected chi connectivity index (χ0v) is 10.2. The van der Waals surface area contributed by atoms with Crippen LogP contribution in [0.3, 0.4) is 0 Å². The van der Waals surface area contributed by atoms with Crippen LogP contribution in [-0.4, -0.2) is 9.78 Å². The van der Waals surface area contributed by atoms with E-state index in [4.69, 9.17) is 5.73 Å².